The Bertz CT molecular complexity index is 614. The van der Waals surface area contributed by atoms with Gasteiger partial charge in [0.25, 0.3) is 5.91 Å². The fourth-order valence-corrected chi connectivity index (χ4v) is 3.58. The summed E-state index contributed by atoms with van der Waals surface area (Å²) < 4.78 is 5.58. The molecule has 0 aliphatic carbocycles. The summed E-state index contributed by atoms with van der Waals surface area (Å²) in [6.45, 7) is 2.68. The molecule has 3 heterocycles. The van der Waals surface area contributed by atoms with Gasteiger partial charge in [0.2, 0.25) is 5.91 Å². The lowest BCUT2D eigenvalue weighted by atomic mass is 10.0. The van der Waals surface area contributed by atoms with Crippen molar-refractivity contribution in [2.24, 2.45) is 11.8 Å². The molecule has 2 saturated heterocycles. The smallest absolute Gasteiger partial charge is 0.253 e. The van der Waals surface area contributed by atoms with Crippen molar-refractivity contribution in [2.45, 2.75) is 12.8 Å². The fraction of sp³-hybridized carbons (Fsp3) is 0.500. The molecule has 0 radical (unpaired) electrons. The first-order valence-electron chi connectivity index (χ1n) is 7.55. The number of benzene rings is 1. The van der Waals surface area contributed by atoms with E-state index >= 15 is 0 Å². The van der Waals surface area contributed by atoms with Crippen LogP contribution in [0, 0.1) is 11.8 Å². The maximum absolute atomic E-state index is 12.6. The number of nitrogens with one attached hydrogen (secondary N) is 1. The van der Waals surface area contributed by atoms with Crippen molar-refractivity contribution in [1.29, 1.82) is 0 Å². The summed E-state index contributed by atoms with van der Waals surface area (Å²) in [7, 11) is 0. The molecule has 5 heteroatoms. The second-order valence-corrected chi connectivity index (χ2v) is 6.10. The predicted molar refractivity (Wildman–Crippen MR) is 76.2 cm³/mol. The second kappa shape index (κ2) is 4.76. The average molecular weight is 286 g/mol. The van der Waals surface area contributed by atoms with Crippen molar-refractivity contribution in [3.8, 4) is 5.75 Å². The molecule has 1 aromatic carbocycles. The summed E-state index contributed by atoms with van der Waals surface area (Å²) in [5.41, 5.74) is 1.82. The SMILES string of the molecule is O=C1NC[C@H]2CN(C(=O)c3ccc4c(c3)CCCO4)C[C@@H]12. The summed E-state index contributed by atoms with van der Waals surface area (Å²) in [6.07, 6.45) is 1.96. The van der Waals surface area contributed by atoms with E-state index in [4.69, 9.17) is 4.74 Å². The minimum atomic E-state index is -0.0186. The number of hydrogen-bond acceptors (Lipinski definition) is 3. The number of ether oxygens (including phenoxy) is 1. The largest absolute Gasteiger partial charge is 0.493 e. The molecule has 0 saturated carbocycles. The van der Waals surface area contributed by atoms with Crippen LogP contribution in [0.4, 0.5) is 0 Å². The van der Waals surface area contributed by atoms with E-state index in [0.717, 1.165) is 30.8 Å². The average Bonchev–Trinajstić information content (AvgIpc) is 3.08. The standard InChI is InChI=1S/C16H18N2O3/c19-15-13-9-18(8-12(13)7-17-15)16(20)11-3-4-14-10(6-11)2-1-5-21-14/h3-4,6,12-13H,1-2,5,7-9H2,(H,17,19)/t12-,13+/m0/s1. The van der Waals surface area contributed by atoms with E-state index in [2.05, 4.69) is 5.32 Å². The van der Waals surface area contributed by atoms with Crippen molar-refractivity contribution in [2.75, 3.05) is 26.2 Å². The minimum Gasteiger partial charge on any atom is -0.493 e. The van der Waals surface area contributed by atoms with Gasteiger partial charge in [0.05, 0.1) is 12.5 Å². The molecular formula is C16H18N2O3. The van der Waals surface area contributed by atoms with Gasteiger partial charge in [-0.05, 0) is 36.6 Å². The highest BCUT2D eigenvalue weighted by Gasteiger charge is 2.43. The number of rotatable bonds is 1. The summed E-state index contributed by atoms with van der Waals surface area (Å²) >= 11 is 0. The molecule has 3 aliphatic rings. The molecule has 3 aliphatic heterocycles. The monoisotopic (exact) mass is 286 g/mol. The molecule has 110 valence electrons. The fourth-order valence-electron chi connectivity index (χ4n) is 3.58. The lowest BCUT2D eigenvalue weighted by Crippen LogP contribution is -2.33. The number of hydrogen-bond donors (Lipinski definition) is 1. The highest BCUT2D eigenvalue weighted by atomic mass is 16.5. The molecule has 21 heavy (non-hydrogen) atoms. The van der Waals surface area contributed by atoms with Crippen LogP contribution >= 0.6 is 0 Å². The molecule has 5 nitrogen and oxygen atoms in total. The number of likely N-dealkylation sites (tertiary alicyclic amines) is 1. The minimum absolute atomic E-state index is 0.0186. The highest BCUT2D eigenvalue weighted by molar-refractivity contribution is 5.95. The normalized spacial score (nSPS) is 26.9. The van der Waals surface area contributed by atoms with Crippen molar-refractivity contribution in [1.82, 2.24) is 10.2 Å². The van der Waals surface area contributed by atoms with E-state index in [1.54, 1.807) is 0 Å². The Labute approximate surface area is 123 Å². The molecule has 2 amide bonds. The summed E-state index contributed by atoms with van der Waals surface area (Å²) in [4.78, 5) is 26.1. The zero-order chi connectivity index (χ0) is 14.4. The maximum Gasteiger partial charge on any atom is 0.253 e. The van der Waals surface area contributed by atoms with Crippen LogP contribution in [0.5, 0.6) is 5.75 Å². The Balaban J connectivity index is 1.54. The van der Waals surface area contributed by atoms with Crippen LogP contribution in [0.25, 0.3) is 0 Å². The lowest BCUT2D eigenvalue weighted by molar-refractivity contribution is -0.122. The predicted octanol–water partition coefficient (Wildman–Crippen LogP) is 0.830. The zero-order valence-corrected chi connectivity index (χ0v) is 11.8. The van der Waals surface area contributed by atoms with Gasteiger partial charge in [0, 0.05) is 31.1 Å². The van der Waals surface area contributed by atoms with Crippen molar-refractivity contribution >= 4 is 11.8 Å². The van der Waals surface area contributed by atoms with Crippen LogP contribution in [-0.4, -0.2) is 43.0 Å². The van der Waals surface area contributed by atoms with Gasteiger partial charge in [0.1, 0.15) is 5.75 Å². The second-order valence-electron chi connectivity index (χ2n) is 6.10. The molecule has 0 bridgehead atoms. The topological polar surface area (TPSA) is 58.6 Å². The van der Waals surface area contributed by atoms with E-state index < -0.39 is 0 Å². The first-order valence-corrected chi connectivity index (χ1v) is 7.55. The van der Waals surface area contributed by atoms with Crippen LogP contribution in [0.15, 0.2) is 18.2 Å². The summed E-state index contributed by atoms with van der Waals surface area (Å²) in [5, 5.41) is 2.87. The molecule has 1 aromatic rings. The van der Waals surface area contributed by atoms with Gasteiger partial charge in [-0.3, -0.25) is 9.59 Å². The third-order valence-electron chi connectivity index (χ3n) is 4.76. The van der Waals surface area contributed by atoms with Crippen molar-refractivity contribution in [3.63, 3.8) is 0 Å². The number of aryl methyl sites for hydroxylation is 1. The van der Waals surface area contributed by atoms with Crippen LogP contribution < -0.4 is 10.1 Å². The molecule has 2 fully saturated rings. The third kappa shape index (κ3) is 2.07. The van der Waals surface area contributed by atoms with E-state index in [1.807, 2.05) is 23.1 Å². The number of carbonyl (C=O) groups is 2. The zero-order valence-electron chi connectivity index (χ0n) is 11.8. The van der Waals surface area contributed by atoms with E-state index in [-0.39, 0.29) is 23.7 Å². The maximum atomic E-state index is 12.6. The Morgan fingerprint density at radius 2 is 2.24 bits per heavy atom. The quantitative estimate of drug-likeness (QED) is 0.832. The molecular weight excluding hydrogens is 268 g/mol. The van der Waals surface area contributed by atoms with Gasteiger partial charge in [0.15, 0.2) is 0 Å². The molecule has 0 spiro atoms. The Kier molecular flexibility index (Phi) is 2.87. The van der Waals surface area contributed by atoms with Crippen LogP contribution in [-0.2, 0) is 11.2 Å². The van der Waals surface area contributed by atoms with Crippen LogP contribution in [0.1, 0.15) is 22.3 Å². The van der Waals surface area contributed by atoms with Gasteiger partial charge < -0.3 is 15.0 Å². The third-order valence-corrected chi connectivity index (χ3v) is 4.76. The summed E-state index contributed by atoms with van der Waals surface area (Å²) in [6, 6.07) is 5.68. The number of nitrogens with zero attached hydrogens (tertiary/aromatic N) is 1. The summed E-state index contributed by atoms with van der Waals surface area (Å²) in [5.74, 6) is 1.28. The first-order chi connectivity index (χ1) is 10.2. The number of carbonyl (C=O) groups excluding carboxylic acids is 2. The van der Waals surface area contributed by atoms with Gasteiger partial charge in [-0.1, -0.05) is 0 Å². The lowest BCUT2D eigenvalue weighted by Gasteiger charge is -2.20. The van der Waals surface area contributed by atoms with Crippen molar-refractivity contribution in [3.05, 3.63) is 29.3 Å². The van der Waals surface area contributed by atoms with Crippen molar-refractivity contribution < 1.29 is 14.3 Å². The first kappa shape index (κ1) is 12.7. The highest BCUT2D eigenvalue weighted by Crippen LogP contribution is 2.30. The number of amides is 2. The van der Waals surface area contributed by atoms with Gasteiger partial charge in [-0.15, -0.1) is 0 Å². The molecule has 1 N–H and O–H groups in total. The van der Waals surface area contributed by atoms with E-state index in [1.165, 1.54) is 0 Å². The Morgan fingerprint density at radius 1 is 1.33 bits per heavy atom. The molecule has 2 atom stereocenters. The van der Waals surface area contributed by atoms with Crippen LogP contribution in [0.2, 0.25) is 0 Å². The Morgan fingerprint density at radius 3 is 3.10 bits per heavy atom. The molecule has 4 rings (SSSR count). The number of fused-ring (bicyclic) bond motifs is 2. The van der Waals surface area contributed by atoms with E-state index in [9.17, 15) is 9.59 Å². The van der Waals surface area contributed by atoms with Gasteiger partial charge >= 0.3 is 0 Å². The molecule has 0 unspecified atom stereocenters. The van der Waals surface area contributed by atoms with Gasteiger partial charge in [-0.2, -0.15) is 0 Å². The molecule has 0 aromatic heterocycles. The Hall–Kier alpha value is -2.04. The van der Waals surface area contributed by atoms with Gasteiger partial charge in [-0.25, -0.2) is 0 Å². The van der Waals surface area contributed by atoms with E-state index in [0.29, 0.717) is 25.2 Å². The van der Waals surface area contributed by atoms with Crippen LogP contribution in [0.3, 0.4) is 0 Å².